The molecule has 0 radical (unpaired) electrons. The molecule has 0 atom stereocenters. The molecule has 0 aliphatic heterocycles. The van der Waals surface area contributed by atoms with Gasteiger partial charge in [-0.2, -0.15) is 0 Å². The zero-order chi connectivity index (χ0) is 13.8. The van der Waals surface area contributed by atoms with E-state index in [2.05, 4.69) is 0 Å². The normalized spacial score (nSPS) is 14.8. The summed E-state index contributed by atoms with van der Waals surface area (Å²) >= 11 is 0. The predicted octanol–water partition coefficient (Wildman–Crippen LogP) is 2.65. The predicted molar refractivity (Wildman–Crippen MR) is 72.3 cm³/mol. The van der Waals surface area contributed by atoms with Gasteiger partial charge < -0.3 is 10.0 Å². The van der Waals surface area contributed by atoms with Crippen LogP contribution in [-0.2, 0) is 0 Å². The lowest BCUT2D eigenvalue weighted by atomic mass is 9.85. The first-order valence-corrected chi connectivity index (χ1v) is 6.74. The molecule has 4 nitrogen and oxygen atoms in total. The van der Waals surface area contributed by atoms with Gasteiger partial charge in [-0.3, -0.25) is 4.79 Å². The number of aromatic carboxylic acids is 1. The third kappa shape index (κ3) is 3.13. The Kier molecular flexibility index (Phi) is 4.20. The van der Waals surface area contributed by atoms with E-state index in [1.54, 1.807) is 12.1 Å². The molecule has 4 heteroatoms. The van der Waals surface area contributed by atoms with Crippen LogP contribution in [0.15, 0.2) is 24.3 Å². The molecule has 1 aromatic carbocycles. The quantitative estimate of drug-likeness (QED) is 0.886. The molecule has 1 saturated carbocycles. The molecule has 0 bridgehead atoms. The van der Waals surface area contributed by atoms with Crippen molar-refractivity contribution < 1.29 is 14.7 Å². The Morgan fingerprint density at radius 3 is 2.21 bits per heavy atom. The number of hydrogen-bond donors (Lipinski definition) is 1. The summed E-state index contributed by atoms with van der Waals surface area (Å²) in [6.45, 7) is 3.48. The molecule has 0 heterocycles. The Morgan fingerprint density at radius 1 is 1.21 bits per heavy atom. The summed E-state index contributed by atoms with van der Waals surface area (Å²) in [4.78, 5) is 24.9. The summed E-state index contributed by atoms with van der Waals surface area (Å²) in [5.41, 5.74) is 0.768. The van der Waals surface area contributed by atoms with Gasteiger partial charge in [0.15, 0.2) is 0 Å². The molecule has 0 saturated heterocycles. The summed E-state index contributed by atoms with van der Waals surface area (Å²) in [7, 11) is 0. The molecule has 1 aliphatic rings. The average Bonchev–Trinajstić information content (AvgIpc) is 2.37. The van der Waals surface area contributed by atoms with Crippen LogP contribution in [0, 0.1) is 5.92 Å². The summed E-state index contributed by atoms with van der Waals surface area (Å²) in [6.07, 6.45) is 3.69. The molecule has 1 aromatic rings. The highest BCUT2D eigenvalue weighted by molar-refractivity contribution is 5.95. The van der Waals surface area contributed by atoms with Crippen LogP contribution in [0.1, 0.15) is 46.9 Å². The van der Waals surface area contributed by atoms with Crippen molar-refractivity contribution >= 4 is 11.9 Å². The van der Waals surface area contributed by atoms with Gasteiger partial charge in [0.05, 0.1) is 5.56 Å². The van der Waals surface area contributed by atoms with Gasteiger partial charge in [0.1, 0.15) is 0 Å². The molecule has 102 valence electrons. The minimum atomic E-state index is -0.971. The van der Waals surface area contributed by atoms with Crippen LogP contribution in [0.5, 0.6) is 0 Å². The maximum absolute atomic E-state index is 12.3. The van der Waals surface area contributed by atoms with E-state index in [0.717, 1.165) is 6.54 Å². The Hall–Kier alpha value is -1.84. The van der Waals surface area contributed by atoms with Crippen molar-refractivity contribution in [3.63, 3.8) is 0 Å². The Morgan fingerprint density at radius 2 is 1.79 bits per heavy atom. The Bertz CT molecular complexity index is 463. The van der Waals surface area contributed by atoms with Gasteiger partial charge in [-0.05, 0) is 49.9 Å². The number of carboxylic acids is 1. The summed E-state index contributed by atoms with van der Waals surface area (Å²) in [6, 6.07) is 6.14. The van der Waals surface area contributed by atoms with E-state index in [-0.39, 0.29) is 11.5 Å². The van der Waals surface area contributed by atoms with Crippen molar-refractivity contribution in [2.24, 2.45) is 5.92 Å². The van der Waals surface area contributed by atoms with Gasteiger partial charge in [-0.25, -0.2) is 4.79 Å². The van der Waals surface area contributed by atoms with Crippen molar-refractivity contribution in [1.29, 1.82) is 0 Å². The minimum absolute atomic E-state index is 0.00802. The van der Waals surface area contributed by atoms with E-state index >= 15 is 0 Å². The monoisotopic (exact) mass is 261 g/mol. The van der Waals surface area contributed by atoms with Crippen LogP contribution < -0.4 is 0 Å². The van der Waals surface area contributed by atoms with E-state index < -0.39 is 5.97 Å². The maximum atomic E-state index is 12.3. The first-order chi connectivity index (χ1) is 9.11. The molecule has 0 unspecified atom stereocenters. The van der Waals surface area contributed by atoms with Crippen molar-refractivity contribution in [2.75, 3.05) is 13.1 Å². The van der Waals surface area contributed by atoms with Crippen molar-refractivity contribution in [1.82, 2.24) is 4.90 Å². The molecule has 1 N–H and O–H groups in total. The maximum Gasteiger partial charge on any atom is 0.335 e. The minimum Gasteiger partial charge on any atom is -0.478 e. The van der Waals surface area contributed by atoms with E-state index in [0.29, 0.717) is 18.0 Å². The Balaban J connectivity index is 2.05. The van der Waals surface area contributed by atoms with Crippen LogP contribution in [0.2, 0.25) is 0 Å². The lowest BCUT2D eigenvalue weighted by Crippen LogP contribution is -2.37. The molecule has 2 rings (SSSR count). The SMILES string of the molecule is CCN(CC1CCC1)C(=O)c1ccc(C(=O)O)cc1. The van der Waals surface area contributed by atoms with Gasteiger partial charge in [-0.1, -0.05) is 6.42 Å². The van der Waals surface area contributed by atoms with Crippen LogP contribution in [0.4, 0.5) is 0 Å². The number of amides is 1. The third-order valence-corrected chi connectivity index (χ3v) is 3.75. The molecule has 1 amide bonds. The molecule has 19 heavy (non-hydrogen) atoms. The number of nitrogens with zero attached hydrogens (tertiary/aromatic N) is 1. The van der Waals surface area contributed by atoms with E-state index in [1.807, 2.05) is 11.8 Å². The second kappa shape index (κ2) is 5.87. The largest absolute Gasteiger partial charge is 0.478 e. The third-order valence-electron chi connectivity index (χ3n) is 3.75. The zero-order valence-corrected chi connectivity index (χ0v) is 11.1. The highest BCUT2D eigenvalue weighted by atomic mass is 16.4. The van der Waals surface area contributed by atoms with Gasteiger partial charge in [0.25, 0.3) is 5.91 Å². The highest BCUT2D eigenvalue weighted by Gasteiger charge is 2.23. The molecular weight excluding hydrogens is 242 g/mol. The molecule has 1 fully saturated rings. The van der Waals surface area contributed by atoms with E-state index in [9.17, 15) is 9.59 Å². The summed E-state index contributed by atoms with van der Waals surface area (Å²) < 4.78 is 0. The van der Waals surface area contributed by atoms with Crippen molar-refractivity contribution in [3.05, 3.63) is 35.4 Å². The van der Waals surface area contributed by atoms with Crippen molar-refractivity contribution in [3.8, 4) is 0 Å². The number of hydrogen-bond acceptors (Lipinski definition) is 2. The average molecular weight is 261 g/mol. The first kappa shape index (κ1) is 13.6. The second-order valence-corrected chi connectivity index (χ2v) is 5.02. The zero-order valence-electron chi connectivity index (χ0n) is 11.1. The van der Waals surface area contributed by atoms with Gasteiger partial charge in [-0.15, -0.1) is 0 Å². The van der Waals surface area contributed by atoms with Crippen LogP contribution in [0.25, 0.3) is 0 Å². The summed E-state index contributed by atoms with van der Waals surface area (Å²) in [5, 5.41) is 8.83. The van der Waals surface area contributed by atoms with E-state index in [4.69, 9.17) is 5.11 Å². The molecule has 0 aromatic heterocycles. The smallest absolute Gasteiger partial charge is 0.335 e. The second-order valence-electron chi connectivity index (χ2n) is 5.02. The fourth-order valence-electron chi connectivity index (χ4n) is 2.28. The van der Waals surface area contributed by atoms with Crippen LogP contribution in [0.3, 0.4) is 0 Å². The lowest BCUT2D eigenvalue weighted by Gasteiger charge is -2.31. The van der Waals surface area contributed by atoms with E-state index in [1.165, 1.54) is 31.4 Å². The number of carbonyl (C=O) groups is 2. The number of benzene rings is 1. The fraction of sp³-hybridized carbons (Fsp3) is 0.467. The van der Waals surface area contributed by atoms with Gasteiger partial charge in [0, 0.05) is 18.7 Å². The highest BCUT2D eigenvalue weighted by Crippen LogP contribution is 2.27. The summed E-state index contributed by atoms with van der Waals surface area (Å²) in [5.74, 6) is -0.339. The number of carbonyl (C=O) groups excluding carboxylic acids is 1. The standard InChI is InChI=1S/C15H19NO3/c1-2-16(10-11-4-3-5-11)14(17)12-6-8-13(9-7-12)15(18)19/h6-9,11H,2-5,10H2,1H3,(H,18,19). The molecular formula is C15H19NO3. The Labute approximate surface area is 113 Å². The fourth-order valence-corrected chi connectivity index (χ4v) is 2.28. The van der Waals surface area contributed by atoms with Gasteiger partial charge >= 0.3 is 5.97 Å². The first-order valence-electron chi connectivity index (χ1n) is 6.74. The number of rotatable bonds is 5. The topological polar surface area (TPSA) is 57.6 Å². The van der Waals surface area contributed by atoms with Crippen LogP contribution in [-0.4, -0.2) is 35.0 Å². The molecule has 0 spiro atoms. The number of carboxylic acid groups (broad SMARTS) is 1. The lowest BCUT2D eigenvalue weighted by molar-refractivity contribution is 0.0687. The van der Waals surface area contributed by atoms with Gasteiger partial charge in [0.2, 0.25) is 0 Å². The van der Waals surface area contributed by atoms with Crippen LogP contribution >= 0.6 is 0 Å². The van der Waals surface area contributed by atoms with Crippen molar-refractivity contribution in [2.45, 2.75) is 26.2 Å². The molecule has 1 aliphatic carbocycles.